The van der Waals surface area contributed by atoms with Crippen LogP contribution in [0.15, 0.2) is 21.9 Å². The summed E-state index contributed by atoms with van der Waals surface area (Å²) in [6.07, 6.45) is 1.31. The molecule has 4 N–H and O–H groups in total. The number of carbonyl (C=O) groups is 1. The molecule has 0 aliphatic rings. The van der Waals surface area contributed by atoms with E-state index >= 15 is 0 Å². The first kappa shape index (κ1) is 13.4. The summed E-state index contributed by atoms with van der Waals surface area (Å²) in [6.45, 7) is 3.67. The largest absolute Gasteiger partial charge is 0.452 e. The van der Waals surface area contributed by atoms with Crippen molar-refractivity contribution in [2.24, 2.45) is 16.8 Å². The average molecular weight is 260 g/mol. The van der Waals surface area contributed by atoms with E-state index < -0.39 is 11.9 Å². The van der Waals surface area contributed by atoms with Crippen molar-refractivity contribution in [2.45, 2.75) is 19.9 Å². The SMILES string of the molecule is CC(C)C(NC(=O)c1ccoc1Cl)/C(N)=N/O. The Hall–Kier alpha value is -1.69. The van der Waals surface area contributed by atoms with E-state index in [-0.39, 0.29) is 22.5 Å². The molecule has 1 rings (SSSR count). The van der Waals surface area contributed by atoms with Crippen LogP contribution in [0.3, 0.4) is 0 Å². The van der Waals surface area contributed by atoms with E-state index in [4.69, 9.17) is 27.0 Å². The second-order valence-corrected chi connectivity index (χ2v) is 4.17. The van der Waals surface area contributed by atoms with Crippen molar-refractivity contribution in [3.05, 3.63) is 23.1 Å². The summed E-state index contributed by atoms with van der Waals surface area (Å²) in [5, 5.41) is 14.1. The number of rotatable bonds is 4. The Morgan fingerprint density at radius 1 is 1.65 bits per heavy atom. The van der Waals surface area contributed by atoms with Crippen LogP contribution in [-0.4, -0.2) is 23.0 Å². The Morgan fingerprint density at radius 3 is 2.71 bits per heavy atom. The average Bonchev–Trinajstić information content (AvgIpc) is 2.70. The molecule has 1 aromatic rings. The van der Waals surface area contributed by atoms with E-state index in [1.165, 1.54) is 12.3 Å². The zero-order valence-electron chi connectivity index (χ0n) is 9.48. The lowest BCUT2D eigenvalue weighted by atomic mass is 10.0. The standard InChI is InChI=1S/C10H14ClN3O3/c1-5(2)7(9(12)14-16)13-10(15)6-3-4-17-8(6)11/h3-5,7,16H,1-2H3,(H2,12,14)(H,13,15). The fourth-order valence-corrected chi connectivity index (χ4v) is 1.52. The Bertz CT molecular complexity index is 428. The number of furan rings is 1. The van der Waals surface area contributed by atoms with Gasteiger partial charge in [0, 0.05) is 0 Å². The monoisotopic (exact) mass is 259 g/mol. The lowest BCUT2D eigenvalue weighted by molar-refractivity contribution is 0.0938. The molecule has 0 saturated heterocycles. The van der Waals surface area contributed by atoms with E-state index in [0.717, 1.165) is 0 Å². The number of hydrogen-bond donors (Lipinski definition) is 3. The molecular weight excluding hydrogens is 246 g/mol. The first-order chi connectivity index (χ1) is 7.97. The molecular formula is C10H14ClN3O3. The number of hydrogen-bond acceptors (Lipinski definition) is 4. The Balaban J connectivity index is 2.82. The predicted molar refractivity (Wildman–Crippen MR) is 63.2 cm³/mol. The second kappa shape index (κ2) is 5.58. The van der Waals surface area contributed by atoms with E-state index in [0.29, 0.717) is 0 Å². The van der Waals surface area contributed by atoms with Gasteiger partial charge in [0.1, 0.15) is 0 Å². The molecule has 94 valence electrons. The van der Waals surface area contributed by atoms with Crippen molar-refractivity contribution in [2.75, 3.05) is 0 Å². The summed E-state index contributed by atoms with van der Waals surface area (Å²) >= 11 is 5.67. The van der Waals surface area contributed by atoms with Gasteiger partial charge in [0.25, 0.3) is 5.91 Å². The molecule has 17 heavy (non-hydrogen) atoms. The van der Waals surface area contributed by atoms with Gasteiger partial charge in [0.15, 0.2) is 5.84 Å². The summed E-state index contributed by atoms with van der Waals surface area (Å²) in [5.41, 5.74) is 5.70. The maximum Gasteiger partial charge on any atom is 0.256 e. The highest BCUT2D eigenvalue weighted by Crippen LogP contribution is 2.16. The van der Waals surface area contributed by atoms with Crippen LogP contribution in [-0.2, 0) is 0 Å². The number of amides is 1. The number of nitrogens with one attached hydrogen (secondary N) is 1. The quantitative estimate of drug-likeness (QED) is 0.329. The van der Waals surface area contributed by atoms with Crippen LogP contribution >= 0.6 is 11.6 Å². The summed E-state index contributed by atoms with van der Waals surface area (Å²) in [4.78, 5) is 11.8. The minimum Gasteiger partial charge on any atom is -0.452 e. The summed E-state index contributed by atoms with van der Waals surface area (Å²) in [5.74, 6) is -0.525. The van der Waals surface area contributed by atoms with Crippen LogP contribution < -0.4 is 11.1 Å². The van der Waals surface area contributed by atoms with Crippen LogP contribution in [0.25, 0.3) is 0 Å². The Morgan fingerprint density at radius 2 is 2.29 bits per heavy atom. The molecule has 1 heterocycles. The molecule has 1 amide bonds. The van der Waals surface area contributed by atoms with Crippen molar-refractivity contribution in [1.29, 1.82) is 0 Å². The van der Waals surface area contributed by atoms with Gasteiger partial charge in [-0.2, -0.15) is 0 Å². The molecule has 6 nitrogen and oxygen atoms in total. The van der Waals surface area contributed by atoms with Gasteiger partial charge in [0.2, 0.25) is 5.22 Å². The van der Waals surface area contributed by atoms with Crippen molar-refractivity contribution < 1.29 is 14.4 Å². The van der Waals surface area contributed by atoms with Gasteiger partial charge < -0.3 is 20.7 Å². The van der Waals surface area contributed by atoms with Crippen molar-refractivity contribution in [3.63, 3.8) is 0 Å². The number of nitrogens with two attached hydrogens (primary N) is 1. The molecule has 0 bridgehead atoms. The fourth-order valence-electron chi connectivity index (χ4n) is 1.32. The first-order valence-electron chi connectivity index (χ1n) is 4.98. The van der Waals surface area contributed by atoms with Gasteiger partial charge in [-0.25, -0.2) is 0 Å². The minimum atomic E-state index is -0.571. The zero-order valence-corrected chi connectivity index (χ0v) is 10.2. The van der Waals surface area contributed by atoms with E-state index in [9.17, 15) is 4.79 Å². The summed E-state index contributed by atoms with van der Waals surface area (Å²) < 4.78 is 4.81. The third-order valence-electron chi connectivity index (χ3n) is 2.25. The maximum absolute atomic E-state index is 11.8. The molecule has 1 unspecified atom stereocenters. The lowest BCUT2D eigenvalue weighted by Gasteiger charge is -2.20. The first-order valence-corrected chi connectivity index (χ1v) is 5.36. The third-order valence-corrected chi connectivity index (χ3v) is 2.54. The molecule has 1 atom stereocenters. The van der Waals surface area contributed by atoms with Gasteiger partial charge in [0.05, 0.1) is 17.9 Å². The number of halogens is 1. The Labute approximate surface area is 103 Å². The number of nitrogens with zero attached hydrogens (tertiary/aromatic N) is 1. The van der Waals surface area contributed by atoms with Gasteiger partial charge >= 0.3 is 0 Å². The lowest BCUT2D eigenvalue weighted by Crippen LogP contribution is -2.47. The van der Waals surface area contributed by atoms with Gasteiger partial charge in [-0.05, 0) is 23.6 Å². The minimum absolute atomic E-state index is 0.00418. The topological polar surface area (TPSA) is 101 Å². The molecule has 0 aliphatic heterocycles. The molecule has 0 saturated carbocycles. The van der Waals surface area contributed by atoms with E-state index in [1.54, 1.807) is 0 Å². The van der Waals surface area contributed by atoms with Crippen LogP contribution in [0.2, 0.25) is 5.22 Å². The van der Waals surface area contributed by atoms with Crippen molar-refractivity contribution in [1.82, 2.24) is 5.32 Å². The fraction of sp³-hybridized carbons (Fsp3) is 0.400. The van der Waals surface area contributed by atoms with Crippen LogP contribution in [0.1, 0.15) is 24.2 Å². The normalized spacial score (nSPS) is 13.8. The van der Waals surface area contributed by atoms with Crippen LogP contribution in [0.5, 0.6) is 0 Å². The van der Waals surface area contributed by atoms with E-state index in [1.807, 2.05) is 13.8 Å². The highest BCUT2D eigenvalue weighted by molar-refractivity contribution is 6.32. The van der Waals surface area contributed by atoms with Crippen LogP contribution in [0.4, 0.5) is 0 Å². The molecule has 0 spiro atoms. The molecule has 0 radical (unpaired) electrons. The summed E-state index contributed by atoms with van der Waals surface area (Å²) in [7, 11) is 0. The maximum atomic E-state index is 11.8. The second-order valence-electron chi connectivity index (χ2n) is 3.83. The van der Waals surface area contributed by atoms with Crippen molar-refractivity contribution in [3.8, 4) is 0 Å². The molecule has 0 fully saturated rings. The number of carbonyl (C=O) groups excluding carboxylic acids is 1. The van der Waals surface area contributed by atoms with Gasteiger partial charge in [-0.1, -0.05) is 19.0 Å². The highest BCUT2D eigenvalue weighted by Gasteiger charge is 2.23. The smallest absolute Gasteiger partial charge is 0.256 e. The number of amidine groups is 1. The number of oxime groups is 1. The summed E-state index contributed by atoms with van der Waals surface area (Å²) in [6, 6.07) is 0.875. The molecule has 1 aromatic heterocycles. The highest BCUT2D eigenvalue weighted by atomic mass is 35.5. The van der Waals surface area contributed by atoms with E-state index in [2.05, 4.69) is 10.5 Å². The van der Waals surface area contributed by atoms with Gasteiger partial charge in [-0.15, -0.1) is 0 Å². The molecule has 7 heteroatoms. The third kappa shape index (κ3) is 3.13. The van der Waals surface area contributed by atoms with Crippen LogP contribution in [0, 0.1) is 5.92 Å². The van der Waals surface area contributed by atoms with Crippen molar-refractivity contribution >= 4 is 23.3 Å². The van der Waals surface area contributed by atoms with Gasteiger partial charge in [-0.3, -0.25) is 4.79 Å². The molecule has 0 aromatic carbocycles. The molecule has 0 aliphatic carbocycles. The predicted octanol–water partition coefficient (Wildman–Crippen LogP) is 1.43. The zero-order chi connectivity index (χ0) is 13.0. The Kier molecular flexibility index (Phi) is 4.39.